The first kappa shape index (κ1) is 17.5. The Morgan fingerprint density at radius 2 is 1.90 bits per heavy atom. The van der Waals surface area contributed by atoms with Gasteiger partial charge in [0.15, 0.2) is 0 Å². The van der Waals surface area contributed by atoms with Crippen molar-refractivity contribution in [2.45, 2.75) is 32.2 Å². The monoisotopic (exact) mass is 341 g/mol. The Bertz CT molecular complexity index is 407. The third kappa shape index (κ3) is 5.81. The second-order valence-electron chi connectivity index (χ2n) is 5.72. The van der Waals surface area contributed by atoms with Crippen molar-refractivity contribution in [1.82, 2.24) is 4.90 Å². The molecular formula is C16H28BrN3. The summed E-state index contributed by atoms with van der Waals surface area (Å²) < 4.78 is 1.13. The molecule has 0 amide bonds. The Balaban J connectivity index is 2.77. The number of halogens is 1. The van der Waals surface area contributed by atoms with Crippen molar-refractivity contribution >= 4 is 21.6 Å². The van der Waals surface area contributed by atoms with Crippen LogP contribution in [0.25, 0.3) is 0 Å². The number of rotatable bonds is 8. The number of benzene rings is 1. The van der Waals surface area contributed by atoms with Crippen LogP contribution >= 0.6 is 15.9 Å². The summed E-state index contributed by atoms with van der Waals surface area (Å²) in [7, 11) is 6.40. The maximum atomic E-state index is 6.12. The fourth-order valence-electron chi connectivity index (χ4n) is 2.24. The minimum absolute atomic E-state index is 0.241. The molecule has 2 N–H and O–H groups in total. The fraction of sp³-hybridized carbons (Fsp3) is 0.625. The van der Waals surface area contributed by atoms with Gasteiger partial charge in [-0.2, -0.15) is 0 Å². The maximum absolute atomic E-state index is 6.12. The average molecular weight is 342 g/mol. The quantitative estimate of drug-likeness (QED) is 0.788. The van der Waals surface area contributed by atoms with E-state index in [1.807, 2.05) is 0 Å². The summed E-state index contributed by atoms with van der Waals surface area (Å²) in [5.74, 6) is 0. The third-order valence-corrected chi connectivity index (χ3v) is 4.06. The molecule has 3 nitrogen and oxygen atoms in total. The molecule has 1 atom stereocenters. The van der Waals surface area contributed by atoms with Crippen molar-refractivity contribution in [1.29, 1.82) is 0 Å². The largest absolute Gasteiger partial charge is 0.374 e. The summed E-state index contributed by atoms with van der Waals surface area (Å²) in [5.41, 5.74) is 8.75. The van der Waals surface area contributed by atoms with Gasteiger partial charge in [0, 0.05) is 29.8 Å². The third-order valence-electron chi connectivity index (χ3n) is 3.56. The van der Waals surface area contributed by atoms with E-state index in [-0.39, 0.29) is 6.04 Å². The van der Waals surface area contributed by atoms with Crippen molar-refractivity contribution in [3.05, 3.63) is 28.2 Å². The molecule has 0 aromatic heterocycles. The van der Waals surface area contributed by atoms with E-state index in [1.54, 1.807) is 0 Å². The molecule has 0 radical (unpaired) electrons. The minimum atomic E-state index is 0.241. The van der Waals surface area contributed by atoms with Gasteiger partial charge in [0.05, 0.1) is 0 Å². The van der Waals surface area contributed by atoms with Crippen LogP contribution in [0.2, 0.25) is 0 Å². The predicted octanol–water partition coefficient (Wildman–Crippen LogP) is 3.12. The van der Waals surface area contributed by atoms with Crippen LogP contribution in [0.4, 0.5) is 5.69 Å². The highest BCUT2D eigenvalue weighted by Gasteiger charge is 2.11. The highest BCUT2D eigenvalue weighted by molar-refractivity contribution is 9.10. The number of nitrogens with two attached hydrogens (primary N) is 1. The van der Waals surface area contributed by atoms with E-state index < -0.39 is 0 Å². The SMILES string of the molecule is CCC(N)Cc1ccc(Br)cc1N(C)CCCN(C)C. The summed E-state index contributed by atoms with van der Waals surface area (Å²) in [6, 6.07) is 6.74. The zero-order valence-electron chi connectivity index (χ0n) is 13.2. The van der Waals surface area contributed by atoms with E-state index in [4.69, 9.17) is 5.73 Å². The Hall–Kier alpha value is -0.580. The molecule has 1 rings (SSSR count). The lowest BCUT2D eigenvalue weighted by Crippen LogP contribution is -2.26. The van der Waals surface area contributed by atoms with Crippen LogP contribution in [0.3, 0.4) is 0 Å². The summed E-state index contributed by atoms with van der Waals surface area (Å²) in [6.45, 7) is 4.31. The molecule has 0 aliphatic rings. The van der Waals surface area contributed by atoms with Crippen LogP contribution < -0.4 is 10.6 Å². The Morgan fingerprint density at radius 3 is 2.50 bits per heavy atom. The van der Waals surface area contributed by atoms with Gasteiger partial charge in [-0.3, -0.25) is 0 Å². The highest BCUT2D eigenvalue weighted by Crippen LogP contribution is 2.26. The number of nitrogens with zero attached hydrogens (tertiary/aromatic N) is 2. The van der Waals surface area contributed by atoms with Crippen molar-refractivity contribution < 1.29 is 0 Å². The zero-order valence-corrected chi connectivity index (χ0v) is 14.8. The van der Waals surface area contributed by atoms with Gasteiger partial charge in [0.2, 0.25) is 0 Å². The average Bonchev–Trinajstić information content (AvgIpc) is 2.40. The van der Waals surface area contributed by atoms with Crippen LogP contribution in [0.5, 0.6) is 0 Å². The fourth-order valence-corrected chi connectivity index (χ4v) is 2.59. The molecule has 0 heterocycles. The van der Waals surface area contributed by atoms with E-state index in [0.717, 1.165) is 36.8 Å². The maximum Gasteiger partial charge on any atom is 0.0408 e. The van der Waals surface area contributed by atoms with Crippen molar-refractivity contribution in [2.75, 3.05) is 39.1 Å². The van der Waals surface area contributed by atoms with Crippen LogP contribution in [-0.4, -0.2) is 45.2 Å². The highest BCUT2D eigenvalue weighted by atomic mass is 79.9. The lowest BCUT2D eigenvalue weighted by Gasteiger charge is -2.24. The molecule has 0 aliphatic carbocycles. The van der Waals surface area contributed by atoms with Gasteiger partial charge in [0.25, 0.3) is 0 Å². The Kier molecular flexibility index (Phi) is 7.56. The van der Waals surface area contributed by atoms with E-state index in [2.05, 4.69) is 72.0 Å². The van der Waals surface area contributed by atoms with E-state index in [1.165, 1.54) is 11.3 Å². The lowest BCUT2D eigenvalue weighted by molar-refractivity contribution is 0.401. The van der Waals surface area contributed by atoms with E-state index in [0.29, 0.717) is 0 Å². The zero-order chi connectivity index (χ0) is 15.1. The normalized spacial score (nSPS) is 12.8. The van der Waals surface area contributed by atoms with Gasteiger partial charge >= 0.3 is 0 Å². The second-order valence-corrected chi connectivity index (χ2v) is 6.64. The standard InChI is InChI=1S/C16H28BrN3/c1-5-15(18)11-13-7-8-14(17)12-16(13)20(4)10-6-9-19(2)3/h7-8,12,15H,5-6,9-11,18H2,1-4H3. The van der Waals surface area contributed by atoms with Crippen LogP contribution in [-0.2, 0) is 6.42 Å². The van der Waals surface area contributed by atoms with Crippen LogP contribution in [0.1, 0.15) is 25.3 Å². The van der Waals surface area contributed by atoms with Gasteiger partial charge < -0.3 is 15.5 Å². The first-order chi connectivity index (χ1) is 9.43. The van der Waals surface area contributed by atoms with Gasteiger partial charge in [-0.15, -0.1) is 0 Å². The Morgan fingerprint density at radius 1 is 1.20 bits per heavy atom. The summed E-state index contributed by atoms with van der Waals surface area (Å²) >= 11 is 3.57. The molecular weight excluding hydrogens is 314 g/mol. The minimum Gasteiger partial charge on any atom is -0.374 e. The topological polar surface area (TPSA) is 32.5 Å². The smallest absolute Gasteiger partial charge is 0.0408 e. The summed E-state index contributed by atoms with van der Waals surface area (Å²) in [4.78, 5) is 4.56. The lowest BCUT2D eigenvalue weighted by atomic mass is 10.0. The first-order valence-corrected chi connectivity index (χ1v) is 8.13. The van der Waals surface area contributed by atoms with E-state index >= 15 is 0 Å². The number of hydrogen-bond acceptors (Lipinski definition) is 3. The molecule has 0 fully saturated rings. The molecule has 0 saturated heterocycles. The molecule has 0 bridgehead atoms. The van der Waals surface area contributed by atoms with Crippen LogP contribution in [0, 0.1) is 0 Å². The number of anilines is 1. The molecule has 1 aromatic rings. The molecule has 20 heavy (non-hydrogen) atoms. The Labute approximate surface area is 132 Å². The molecule has 114 valence electrons. The van der Waals surface area contributed by atoms with Gasteiger partial charge in [-0.1, -0.05) is 28.9 Å². The summed E-state index contributed by atoms with van der Waals surface area (Å²) in [5, 5.41) is 0. The van der Waals surface area contributed by atoms with Gasteiger partial charge in [-0.05, 0) is 57.6 Å². The summed E-state index contributed by atoms with van der Waals surface area (Å²) in [6.07, 6.45) is 3.12. The molecule has 0 spiro atoms. The van der Waals surface area contributed by atoms with Crippen molar-refractivity contribution in [2.24, 2.45) is 5.73 Å². The van der Waals surface area contributed by atoms with Crippen molar-refractivity contribution in [3.63, 3.8) is 0 Å². The molecule has 1 unspecified atom stereocenters. The van der Waals surface area contributed by atoms with Gasteiger partial charge in [0.1, 0.15) is 0 Å². The molecule has 0 saturated carbocycles. The van der Waals surface area contributed by atoms with Crippen LogP contribution in [0.15, 0.2) is 22.7 Å². The number of hydrogen-bond donors (Lipinski definition) is 1. The molecule has 4 heteroatoms. The van der Waals surface area contributed by atoms with Crippen molar-refractivity contribution in [3.8, 4) is 0 Å². The van der Waals surface area contributed by atoms with E-state index in [9.17, 15) is 0 Å². The first-order valence-electron chi connectivity index (χ1n) is 7.34. The molecule has 1 aromatic carbocycles. The van der Waals surface area contributed by atoms with Gasteiger partial charge in [-0.25, -0.2) is 0 Å². The second kappa shape index (κ2) is 8.65. The molecule has 0 aliphatic heterocycles. The predicted molar refractivity (Wildman–Crippen MR) is 92.6 cm³/mol.